The lowest BCUT2D eigenvalue weighted by Gasteiger charge is -2.41. The van der Waals surface area contributed by atoms with Gasteiger partial charge in [0.25, 0.3) is 0 Å². The molecular weight excluding hydrogens is 294 g/mol. The Morgan fingerprint density at radius 2 is 2.00 bits per heavy atom. The maximum atomic E-state index is 4.09. The largest absolute Gasteiger partial charge is 0.307 e. The second-order valence-corrected chi connectivity index (χ2v) is 10.1. The zero-order valence-electron chi connectivity index (χ0n) is 13.8. The van der Waals surface area contributed by atoms with Crippen molar-refractivity contribution in [3.05, 3.63) is 17.0 Å². The SMILES string of the molecule is CC1CCC(C(C)C)C(NC2C[C@H](C)Sc3sccc32)C1. The smallest absolute Gasteiger partial charge is 0.0649 e. The molecule has 5 atom stereocenters. The highest BCUT2D eigenvalue weighted by atomic mass is 32.2. The monoisotopic (exact) mass is 323 g/mol. The Balaban J connectivity index is 1.75. The molecule has 21 heavy (non-hydrogen) atoms. The van der Waals surface area contributed by atoms with Crippen LogP contribution in [0.2, 0.25) is 0 Å². The fourth-order valence-corrected chi connectivity index (χ4v) is 6.73. The third kappa shape index (κ3) is 3.51. The summed E-state index contributed by atoms with van der Waals surface area (Å²) < 4.78 is 1.55. The Kier molecular flexibility index (Phi) is 5.02. The van der Waals surface area contributed by atoms with Gasteiger partial charge in [0.2, 0.25) is 0 Å². The molecule has 1 N–H and O–H groups in total. The molecule has 1 aromatic heterocycles. The molecule has 1 nitrogen and oxygen atoms in total. The lowest BCUT2D eigenvalue weighted by atomic mass is 9.73. The summed E-state index contributed by atoms with van der Waals surface area (Å²) in [6.07, 6.45) is 5.47. The molecule has 4 unspecified atom stereocenters. The minimum absolute atomic E-state index is 0.582. The topological polar surface area (TPSA) is 12.0 Å². The molecule has 2 aliphatic rings. The molecule has 2 heterocycles. The molecule has 118 valence electrons. The van der Waals surface area contributed by atoms with E-state index >= 15 is 0 Å². The van der Waals surface area contributed by atoms with Gasteiger partial charge in [-0.3, -0.25) is 0 Å². The summed E-state index contributed by atoms with van der Waals surface area (Å²) in [7, 11) is 0. The number of rotatable bonds is 3. The van der Waals surface area contributed by atoms with Gasteiger partial charge in [-0.2, -0.15) is 0 Å². The summed E-state index contributed by atoms with van der Waals surface area (Å²) in [5, 5.41) is 7.10. The van der Waals surface area contributed by atoms with E-state index in [9.17, 15) is 0 Å². The molecular formula is C18H29NS2. The van der Waals surface area contributed by atoms with Crippen molar-refractivity contribution in [1.82, 2.24) is 5.32 Å². The number of hydrogen-bond acceptors (Lipinski definition) is 3. The van der Waals surface area contributed by atoms with Crippen molar-refractivity contribution in [2.45, 2.75) is 74.9 Å². The molecule has 0 amide bonds. The quantitative estimate of drug-likeness (QED) is 0.763. The van der Waals surface area contributed by atoms with Gasteiger partial charge in [-0.1, -0.05) is 34.1 Å². The van der Waals surface area contributed by atoms with E-state index in [0.717, 1.165) is 23.0 Å². The van der Waals surface area contributed by atoms with Gasteiger partial charge in [0.1, 0.15) is 0 Å². The normalized spacial score (nSPS) is 36.7. The molecule has 1 aliphatic carbocycles. The first-order valence-electron chi connectivity index (χ1n) is 8.54. The Hall–Kier alpha value is 0.0100. The number of fused-ring (bicyclic) bond motifs is 1. The lowest BCUT2D eigenvalue weighted by molar-refractivity contribution is 0.156. The molecule has 0 aromatic carbocycles. The van der Waals surface area contributed by atoms with Crippen molar-refractivity contribution in [3.63, 3.8) is 0 Å². The molecule has 0 saturated heterocycles. The average Bonchev–Trinajstić information content (AvgIpc) is 2.86. The first-order valence-corrected chi connectivity index (χ1v) is 10.3. The van der Waals surface area contributed by atoms with Crippen LogP contribution in [0.4, 0.5) is 0 Å². The predicted octanol–water partition coefficient (Wildman–Crippen LogP) is 5.72. The second-order valence-electron chi connectivity index (χ2n) is 7.48. The van der Waals surface area contributed by atoms with E-state index in [-0.39, 0.29) is 0 Å². The Morgan fingerprint density at radius 3 is 2.76 bits per heavy atom. The van der Waals surface area contributed by atoms with E-state index in [1.165, 1.54) is 25.7 Å². The molecule has 1 aromatic rings. The van der Waals surface area contributed by atoms with Gasteiger partial charge in [-0.25, -0.2) is 0 Å². The summed E-state index contributed by atoms with van der Waals surface area (Å²) >= 11 is 4.00. The van der Waals surface area contributed by atoms with Gasteiger partial charge in [-0.15, -0.1) is 23.1 Å². The van der Waals surface area contributed by atoms with Crippen LogP contribution >= 0.6 is 23.1 Å². The molecule has 0 bridgehead atoms. The fourth-order valence-electron chi connectivity index (χ4n) is 4.16. The first-order chi connectivity index (χ1) is 10.0. The van der Waals surface area contributed by atoms with Crippen molar-refractivity contribution in [3.8, 4) is 0 Å². The van der Waals surface area contributed by atoms with Gasteiger partial charge in [0.05, 0.1) is 4.21 Å². The lowest BCUT2D eigenvalue weighted by Crippen LogP contribution is -2.45. The van der Waals surface area contributed by atoms with Gasteiger partial charge in [0.15, 0.2) is 0 Å². The third-order valence-corrected chi connectivity index (χ3v) is 7.69. The fraction of sp³-hybridized carbons (Fsp3) is 0.778. The van der Waals surface area contributed by atoms with Crippen molar-refractivity contribution in [2.24, 2.45) is 17.8 Å². The summed E-state index contributed by atoms with van der Waals surface area (Å²) in [6.45, 7) is 9.63. The van der Waals surface area contributed by atoms with E-state index < -0.39 is 0 Å². The Bertz CT molecular complexity index is 468. The first kappa shape index (κ1) is 15.9. The number of hydrogen-bond donors (Lipinski definition) is 1. The third-order valence-electron chi connectivity index (χ3n) is 5.35. The predicted molar refractivity (Wildman–Crippen MR) is 95.3 cm³/mol. The maximum Gasteiger partial charge on any atom is 0.0649 e. The number of thioether (sulfide) groups is 1. The summed E-state index contributed by atoms with van der Waals surface area (Å²) in [5.41, 5.74) is 1.57. The summed E-state index contributed by atoms with van der Waals surface area (Å²) in [6, 6.07) is 3.65. The molecule has 3 rings (SSSR count). The second kappa shape index (κ2) is 6.64. The number of nitrogens with one attached hydrogen (secondary N) is 1. The molecule has 0 spiro atoms. The van der Waals surface area contributed by atoms with Crippen molar-refractivity contribution < 1.29 is 0 Å². The molecule has 3 heteroatoms. The standard InChI is InChI=1S/C18H29NS2/c1-11(2)14-6-5-12(3)9-16(14)19-17-10-13(4)21-18-15(17)7-8-20-18/h7-8,11-14,16-17,19H,5-6,9-10H2,1-4H3/t12?,13-,14?,16?,17?/m0/s1. The maximum absolute atomic E-state index is 4.09. The van der Waals surface area contributed by atoms with E-state index in [1.54, 1.807) is 9.77 Å². The van der Waals surface area contributed by atoms with Crippen LogP contribution in [-0.4, -0.2) is 11.3 Å². The van der Waals surface area contributed by atoms with E-state index in [2.05, 4.69) is 56.2 Å². The van der Waals surface area contributed by atoms with Crippen LogP contribution in [0, 0.1) is 17.8 Å². The van der Waals surface area contributed by atoms with Gasteiger partial charge in [-0.05, 0) is 54.0 Å². The minimum Gasteiger partial charge on any atom is -0.307 e. The number of thiophene rings is 1. The molecule has 1 aliphatic heterocycles. The summed E-state index contributed by atoms with van der Waals surface area (Å²) in [4.78, 5) is 0. The highest BCUT2D eigenvalue weighted by molar-refractivity contribution is 8.01. The zero-order chi connectivity index (χ0) is 15.0. The van der Waals surface area contributed by atoms with Crippen molar-refractivity contribution >= 4 is 23.1 Å². The van der Waals surface area contributed by atoms with Gasteiger partial charge < -0.3 is 5.32 Å². The van der Waals surface area contributed by atoms with Crippen molar-refractivity contribution in [1.29, 1.82) is 0 Å². The van der Waals surface area contributed by atoms with Crippen LogP contribution in [0.1, 0.15) is 65.0 Å². The summed E-state index contributed by atoms with van der Waals surface area (Å²) in [5.74, 6) is 2.54. The van der Waals surface area contributed by atoms with E-state index in [4.69, 9.17) is 0 Å². The van der Waals surface area contributed by atoms with E-state index in [1.807, 2.05) is 11.3 Å². The minimum atomic E-state index is 0.582. The molecule has 1 fully saturated rings. The molecule has 0 radical (unpaired) electrons. The van der Waals surface area contributed by atoms with Gasteiger partial charge >= 0.3 is 0 Å². The average molecular weight is 324 g/mol. The highest BCUT2D eigenvalue weighted by Crippen LogP contribution is 2.45. The van der Waals surface area contributed by atoms with Gasteiger partial charge in [0, 0.05) is 17.3 Å². The van der Waals surface area contributed by atoms with Crippen LogP contribution < -0.4 is 5.32 Å². The Labute approximate surface area is 138 Å². The van der Waals surface area contributed by atoms with Crippen LogP contribution in [-0.2, 0) is 0 Å². The van der Waals surface area contributed by atoms with Crippen LogP contribution in [0.5, 0.6) is 0 Å². The highest BCUT2D eigenvalue weighted by Gasteiger charge is 2.34. The van der Waals surface area contributed by atoms with Crippen LogP contribution in [0.15, 0.2) is 15.7 Å². The molecule has 1 saturated carbocycles. The van der Waals surface area contributed by atoms with Crippen LogP contribution in [0.25, 0.3) is 0 Å². The van der Waals surface area contributed by atoms with E-state index in [0.29, 0.717) is 12.1 Å². The van der Waals surface area contributed by atoms with Crippen molar-refractivity contribution in [2.75, 3.05) is 0 Å². The Morgan fingerprint density at radius 1 is 1.19 bits per heavy atom. The van der Waals surface area contributed by atoms with Crippen LogP contribution in [0.3, 0.4) is 0 Å². The zero-order valence-corrected chi connectivity index (χ0v) is 15.4.